The largest absolute Gasteiger partial charge is 0.396 e. The van der Waals surface area contributed by atoms with Crippen LogP contribution in [0.5, 0.6) is 0 Å². The molecule has 0 fully saturated rings. The van der Waals surface area contributed by atoms with Gasteiger partial charge in [0.25, 0.3) is 0 Å². The SMILES string of the molecule is CC(C)(C)CC(C)(C)NS(=O)(=O)c1cc(N)c(F)cc1Cl. The zero-order chi connectivity index (χ0) is 16.6. The van der Waals surface area contributed by atoms with E-state index in [1.54, 1.807) is 13.8 Å². The topological polar surface area (TPSA) is 72.2 Å². The number of anilines is 1. The van der Waals surface area contributed by atoms with E-state index >= 15 is 0 Å². The van der Waals surface area contributed by atoms with Crippen LogP contribution in [0.15, 0.2) is 17.0 Å². The van der Waals surface area contributed by atoms with Gasteiger partial charge in [0.2, 0.25) is 10.0 Å². The molecule has 1 rings (SSSR count). The van der Waals surface area contributed by atoms with E-state index in [1.807, 2.05) is 20.8 Å². The van der Waals surface area contributed by atoms with E-state index in [9.17, 15) is 12.8 Å². The Morgan fingerprint density at radius 3 is 2.24 bits per heavy atom. The van der Waals surface area contributed by atoms with Gasteiger partial charge < -0.3 is 5.73 Å². The fraction of sp³-hybridized carbons (Fsp3) is 0.571. The van der Waals surface area contributed by atoms with E-state index in [0.717, 1.165) is 12.1 Å². The number of nitrogens with one attached hydrogen (secondary N) is 1. The van der Waals surface area contributed by atoms with Crippen LogP contribution < -0.4 is 10.5 Å². The summed E-state index contributed by atoms with van der Waals surface area (Å²) in [6, 6.07) is 1.94. The maximum atomic E-state index is 13.3. The third-order valence-electron chi connectivity index (χ3n) is 2.72. The number of nitrogens with two attached hydrogens (primary N) is 1. The first-order chi connectivity index (χ1) is 9.23. The van der Waals surface area contributed by atoms with Crippen molar-refractivity contribution in [1.29, 1.82) is 0 Å². The molecule has 4 nitrogen and oxygen atoms in total. The Hall–Kier alpha value is -0.850. The van der Waals surface area contributed by atoms with Gasteiger partial charge in [-0.05, 0) is 37.8 Å². The Balaban J connectivity index is 3.16. The summed E-state index contributed by atoms with van der Waals surface area (Å²) < 4.78 is 40.8. The standard InChI is InChI=1S/C14H22ClFN2O2S/c1-13(2,3)8-14(4,5)18-21(19,20)12-7-11(17)10(16)6-9(12)15/h6-7,18H,8,17H2,1-5H3. The lowest BCUT2D eigenvalue weighted by Crippen LogP contribution is -2.45. The average molecular weight is 337 g/mol. The monoisotopic (exact) mass is 336 g/mol. The number of sulfonamides is 1. The number of benzene rings is 1. The Morgan fingerprint density at radius 1 is 1.24 bits per heavy atom. The second kappa shape index (κ2) is 5.74. The minimum atomic E-state index is -3.89. The highest BCUT2D eigenvalue weighted by molar-refractivity contribution is 7.89. The van der Waals surface area contributed by atoms with Gasteiger partial charge in [-0.25, -0.2) is 17.5 Å². The Labute approximate surface area is 130 Å². The molecule has 0 radical (unpaired) electrons. The van der Waals surface area contributed by atoms with Crippen molar-refractivity contribution in [3.8, 4) is 0 Å². The summed E-state index contributed by atoms with van der Waals surface area (Å²) in [6.07, 6.45) is 0.619. The van der Waals surface area contributed by atoms with Crippen LogP contribution in [0.25, 0.3) is 0 Å². The van der Waals surface area contributed by atoms with Crippen molar-refractivity contribution in [1.82, 2.24) is 4.72 Å². The predicted octanol–water partition coefficient (Wildman–Crippen LogP) is 3.55. The van der Waals surface area contributed by atoms with Crippen molar-refractivity contribution in [2.75, 3.05) is 5.73 Å². The van der Waals surface area contributed by atoms with E-state index in [2.05, 4.69) is 4.72 Å². The Bertz CT molecular complexity index is 637. The van der Waals surface area contributed by atoms with Gasteiger partial charge in [0.15, 0.2) is 0 Å². The van der Waals surface area contributed by atoms with E-state index in [4.69, 9.17) is 17.3 Å². The van der Waals surface area contributed by atoms with Gasteiger partial charge in [-0.3, -0.25) is 0 Å². The molecule has 0 saturated carbocycles. The molecule has 7 heteroatoms. The van der Waals surface area contributed by atoms with Crippen LogP contribution in [0, 0.1) is 11.2 Å². The molecule has 0 unspecified atom stereocenters. The van der Waals surface area contributed by atoms with Crippen molar-refractivity contribution in [3.05, 3.63) is 23.0 Å². The van der Waals surface area contributed by atoms with E-state index in [1.165, 1.54) is 0 Å². The highest BCUT2D eigenvalue weighted by Gasteiger charge is 2.31. The normalized spacial score (nSPS) is 13.5. The van der Waals surface area contributed by atoms with Crippen molar-refractivity contribution < 1.29 is 12.8 Å². The molecule has 21 heavy (non-hydrogen) atoms. The summed E-state index contributed by atoms with van der Waals surface area (Å²) in [5.41, 5.74) is 4.43. The minimum Gasteiger partial charge on any atom is -0.396 e. The second-order valence-corrected chi connectivity index (χ2v) is 9.09. The molecule has 0 heterocycles. The summed E-state index contributed by atoms with van der Waals surface area (Å²) >= 11 is 5.83. The van der Waals surface area contributed by atoms with Crippen molar-refractivity contribution >= 4 is 27.3 Å². The van der Waals surface area contributed by atoms with Gasteiger partial charge in [-0.2, -0.15) is 0 Å². The lowest BCUT2D eigenvalue weighted by atomic mass is 9.82. The molecule has 0 bridgehead atoms. The Morgan fingerprint density at radius 2 is 1.76 bits per heavy atom. The summed E-state index contributed by atoms with van der Waals surface area (Å²) in [5.74, 6) is -0.743. The van der Waals surface area contributed by atoms with Gasteiger partial charge in [0, 0.05) is 5.54 Å². The molecule has 1 aromatic rings. The summed E-state index contributed by atoms with van der Waals surface area (Å²) in [7, 11) is -3.89. The minimum absolute atomic E-state index is 0.0579. The third-order valence-corrected chi connectivity index (χ3v) is 4.89. The molecule has 0 aliphatic carbocycles. The van der Waals surface area contributed by atoms with Gasteiger partial charge in [0.05, 0.1) is 10.7 Å². The number of hydrogen-bond acceptors (Lipinski definition) is 3. The van der Waals surface area contributed by atoms with E-state index < -0.39 is 21.4 Å². The maximum absolute atomic E-state index is 13.3. The molecule has 0 amide bonds. The summed E-state index contributed by atoms with van der Waals surface area (Å²) in [4.78, 5) is -0.218. The quantitative estimate of drug-likeness (QED) is 0.826. The molecule has 0 atom stereocenters. The van der Waals surface area contributed by atoms with Crippen LogP contribution in [-0.4, -0.2) is 14.0 Å². The van der Waals surface area contributed by atoms with Crippen LogP contribution in [0.4, 0.5) is 10.1 Å². The number of hydrogen-bond donors (Lipinski definition) is 2. The molecule has 0 aliphatic rings. The molecule has 3 N–H and O–H groups in total. The average Bonchev–Trinajstić information content (AvgIpc) is 2.17. The van der Waals surface area contributed by atoms with Gasteiger partial charge in [0.1, 0.15) is 10.7 Å². The predicted molar refractivity (Wildman–Crippen MR) is 84.3 cm³/mol. The molecule has 1 aromatic carbocycles. The smallest absolute Gasteiger partial charge is 0.242 e. The molecule has 120 valence electrons. The highest BCUT2D eigenvalue weighted by Crippen LogP contribution is 2.31. The number of rotatable bonds is 4. The van der Waals surface area contributed by atoms with Gasteiger partial charge in [-0.15, -0.1) is 0 Å². The third kappa shape index (κ3) is 5.13. The van der Waals surface area contributed by atoms with Gasteiger partial charge in [-0.1, -0.05) is 32.4 Å². The van der Waals surface area contributed by atoms with E-state index in [0.29, 0.717) is 6.42 Å². The van der Waals surface area contributed by atoms with Crippen LogP contribution in [0.3, 0.4) is 0 Å². The van der Waals surface area contributed by atoms with Crippen molar-refractivity contribution in [2.45, 2.75) is 51.5 Å². The molecule has 0 spiro atoms. The van der Waals surface area contributed by atoms with Gasteiger partial charge >= 0.3 is 0 Å². The van der Waals surface area contributed by atoms with Crippen LogP contribution in [0.2, 0.25) is 5.02 Å². The summed E-state index contributed by atoms with van der Waals surface area (Å²) in [6.45, 7) is 9.64. The lowest BCUT2D eigenvalue weighted by Gasteiger charge is -2.33. The zero-order valence-corrected chi connectivity index (χ0v) is 14.5. The number of halogens is 2. The lowest BCUT2D eigenvalue weighted by molar-refractivity contribution is 0.269. The first-order valence-electron chi connectivity index (χ1n) is 6.52. The van der Waals surface area contributed by atoms with Crippen molar-refractivity contribution in [2.24, 2.45) is 5.41 Å². The fourth-order valence-electron chi connectivity index (χ4n) is 2.53. The van der Waals surface area contributed by atoms with Crippen molar-refractivity contribution in [3.63, 3.8) is 0 Å². The fourth-order valence-corrected chi connectivity index (χ4v) is 4.49. The van der Waals surface area contributed by atoms with Crippen LogP contribution in [0.1, 0.15) is 41.0 Å². The molecular formula is C14H22ClFN2O2S. The molecule has 0 aromatic heterocycles. The molecular weight excluding hydrogens is 315 g/mol. The van der Waals surface area contributed by atoms with E-state index in [-0.39, 0.29) is 21.0 Å². The van der Waals surface area contributed by atoms with Crippen LogP contribution >= 0.6 is 11.6 Å². The zero-order valence-electron chi connectivity index (χ0n) is 12.9. The Kier molecular flexibility index (Phi) is 4.98. The maximum Gasteiger partial charge on any atom is 0.242 e. The highest BCUT2D eigenvalue weighted by atomic mass is 35.5. The first-order valence-corrected chi connectivity index (χ1v) is 8.38. The number of nitrogen functional groups attached to an aromatic ring is 1. The van der Waals surface area contributed by atoms with Crippen LogP contribution in [-0.2, 0) is 10.0 Å². The first kappa shape index (κ1) is 18.2. The molecule has 0 saturated heterocycles. The molecule has 0 aliphatic heterocycles. The summed E-state index contributed by atoms with van der Waals surface area (Å²) in [5, 5.41) is -0.194. The second-order valence-electron chi connectivity index (χ2n) is 7.03.